The summed E-state index contributed by atoms with van der Waals surface area (Å²) in [5.41, 5.74) is 3.28. The van der Waals surface area contributed by atoms with E-state index in [0.717, 1.165) is 59.4 Å². The quantitative estimate of drug-likeness (QED) is 0.347. The van der Waals surface area contributed by atoms with E-state index in [1.807, 2.05) is 79.7 Å². The Balaban J connectivity index is 1.69. The van der Waals surface area contributed by atoms with Crippen LogP contribution in [0.25, 0.3) is 0 Å². The second kappa shape index (κ2) is 13.6. The highest BCUT2D eigenvalue weighted by Crippen LogP contribution is 2.22. The molecule has 1 fully saturated rings. The Labute approximate surface area is 238 Å². The van der Waals surface area contributed by atoms with Crippen molar-refractivity contribution in [2.45, 2.75) is 64.1 Å². The third-order valence-corrected chi connectivity index (χ3v) is 8.62. The molecule has 1 saturated carbocycles. The summed E-state index contributed by atoms with van der Waals surface area (Å²) >= 11 is 0. The van der Waals surface area contributed by atoms with E-state index in [1.165, 1.54) is 0 Å². The SMILES string of the molecule is CCc1ccc(N(CC(=O)N(Cc2ccccc2)[C@@H](Cc2ccccc2)C(=O)NC2CCCC2)S(C)(=O)=O)cc1. The van der Waals surface area contributed by atoms with Crippen LogP contribution in [-0.2, 0) is 39.0 Å². The van der Waals surface area contributed by atoms with Gasteiger partial charge in [0, 0.05) is 19.0 Å². The molecular formula is C32H39N3O4S. The number of sulfonamides is 1. The van der Waals surface area contributed by atoms with E-state index >= 15 is 0 Å². The molecule has 7 nitrogen and oxygen atoms in total. The third kappa shape index (κ3) is 7.94. The number of carbonyl (C=O) groups excluding carboxylic acids is 2. The number of carbonyl (C=O) groups is 2. The van der Waals surface area contributed by atoms with E-state index < -0.39 is 28.5 Å². The van der Waals surface area contributed by atoms with Gasteiger partial charge in [-0.05, 0) is 48.1 Å². The van der Waals surface area contributed by atoms with Gasteiger partial charge in [-0.2, -0.15) is 0 Å². The monoisotopic (exact) mass is 561 g/mol. The Morgan fingerprint density at radius 2 is 1.43 bits per heavy atom. The number of nitrogens with zero attached hydrogens (tertiary/aromatic N) is 2. The van der Waals surface area contributed by atoms with Crippen molar-refractivity contribution in [2.75, 3.05) is 17.1 Å². The molecule has 0 aliphatic heterocycles. The lowest BCUT2D eigenvalue weighted by molar-refractivity contribution is -0.140. The van der Waals surface area contributed by atoms with E-state index in [-0.39, 0.29) is 18.5 Å². The zero-order valence-electron chi connectivity index (χ0n) is 23.3. The molecule has 0 heterocycles. The van der Waals surface area contributed by atoms with E-state index in [1.54, 1.807) is 17.0 Å². The molecule has 3 aromatic rings. The van der Waals surface area contributed by atoms with Crippen LogP contribution in [0.2, 0.25) is 0 Å². The van der Waals surface area contributed by atoms with E-state index in [2.05, 4.69) is 5.32 Å². The maximum atomic E-state index is 14.1. The van der Waals surface area contributed by atoms with Crippen molar-refractivity contribution in [1.29, 1.82) is 0 Å². The summed E-state index contributed by atoms with van der Waals surface area (Å²) in [6.07, 6.45) is 6.23. The average Bonchev–Trinajstić information content (AvgIpc) is 3.47. The molecule has 1 atom stereocenters. The predicted molar refractivity (Wildman–Crippen MR) is 159 cm³/mol. The van der Waals surface area contributed by atoms with Crippen LogP contribution in [0.1, 0.15) is 49.3 Å². The molecule has 0 unspecified atom stereocenters. The highest BCUT2D eigenvalue weighted by Gasteiger charge is 2.34. The smallest absolute Gasteiger partial charge is 0.244 e. The van der Waals surface area contributed by atoms with Crippen molar-refractivity contribution in [3.8, 4) is 0 Å². The van der Waals surface area contributed by atoms with Crippen LogP contribution in [0.3, 0.4) is 0 Å². The maximum Gasteiger partial charge on any atom is 0.244 e. The molecule has 40 heavy (non-hydrogen) atoms. The first-order chi connectivity index (χ1) is 19.2. The predicted octanol–water partition coefficient (Wildman–Crippen LogP) is 4.71. The Morgan fingerprint density at radius 1 is 0.850 bits per heavy atom. The highest BCUT2D eigenvalue weighted by atomic mass is 32.2. The first-order valence-electron chi connectivity index (χ1n) is 14.0. The van der Waals surface area contributed by atoms with Gasteiger partial charge in [0.1, 0.15) is 12.6 Å². The normalized spacial score (nSPS) is 14.4. The topological polar surface area (TPSA) is 86.8 Å². The fraction of sp³-hybridized carbons (Fsp3) is 0.375. The molecule has 2 amide bonds. The lowest BCUT2D eigenvalue weighted by Gasteiger charge is -2.34. The van der Waals surface area contributed by atoms with Crippen LogP contribution in [0.15, 0.2) is 84.9 Å². The van der Waals surface area contributed by atoms with Gasteiger partial charge in [0.15, 0.2) is 0 Å². The Bertz CT molecular complexity index is 1360. The van der Waals surface area contributed by atoms with E-state index in [0.29, 0.717) is 12.1 Å². The van der Waals surface area contributed by atoms with Gasteiger partial charge in [0.05, 0.1) is 11.9 Å². The zero-order chi connectivity index (χ0) is 28.5. The molecule has 212 valence electrons. The highest BCUT2D eigenvalue weighted by molar-refractivity contribution is 7.92. The van der Waals surface area contributed by atoms with Crippen LogP contribution in [-0.4, -0.2) is 50.0 Å². The van der Waals surface area contributed by atoms with Gasteiger partial charge in [-0.25, -0.2) is 8.42 Å². The summed E-state index contributed by atoms with van der Waals surface area (Å²) in [7, 11) is -3.78. The van der Waals surface area contributed by atoms with Gasteiger partial charge in [0.2, 0.25) is 21.8 Å². The number of hydrogen-bond acceptors (Lipinski definition) is 4. The second-order valence-electron chi connectivity index (χ2n) is 10.5. The summed E-state index contributed by atoms with van der Waals surface area (Å²) in [4.78, 5) is 29.5. The minimum Gasteiger partial charge on any atom is -0.352 e. The Hall–Kier alpha value is -3.65. The standard InChI is InChI=1S/C32H39N3O4S/c1-3-25-18-20-29(21-19-25)35(40(2,38)39)24-31(36)34(23-27-14-8-5-9-15-27)30(22-26-12-6-4-7-13-26)32(37)33-28-16-10-11-17-28/h4-9,12-15,18-21,28,30H,3,10-11,16-17,22-24H2,1-2H3,(H,33,37)/t30-/m0/s1. The van der Waals surface area contributed by atoms with Crippen LogP contribution in [0.4, 0.5) is 5.69 Å². The first kappa shape index (κ1) is 29.3. The molecule has 8 heteroatoms. The second-order valence-corrected chi connectivity index (χ2v) is 12.4. The lowest BCUT2D eigenvalue weighted by atomic mass is 10.0. The van der Waals surface area contributed by atoms with Gasteiger partial charge >= 0.3 is 0 Å². The number of hydrogen-bond donors (Lipinski definition) is 1. The molecule has 0 aromatic heterocycles. The van der Waals surface area contributed by atoms with Crippen molar-refractivity contribution >= 4 is 27.5 Å². The number of rotatable bonds is 12. The summed E-state index contributed by atoms with van der Waals surface area (Å²) < 4.78 is 26.9. The average molecular weight is 562 g/mol. The van der Waals surface area contributed by atoms with Gasteiger partial charge in [-0.3, -0.25) is 13.9 Å². The molecular weight excluding hydrogens is 522 g/mol. The number of aryl methyl sites for hydroxylation is 1. The van der Waals surface area contributed by atoms with Gasteiger partial charge in [-0.1, -0.05) is 92.6 Å². The Morgan fingerprint density at radius 3 is 1.98 bits per heavy atom. The largest absolute Gasteiger partial charge is 0.352 e. The van der Waals surface area contributed by atoms with Crippen molar-refractivity contribution in [3.05, 3.63) is 102 Å². The summed E-state index contributed by atoms with van der Waals surface area (Å²) in [6.45, 7) is 1.80. The maximum absolute atomic E-state index is 14.1. The van der Waals surface area contributed by atoms with Crippen molar-refractivity contribution in [2.24, 2.45) is 0 Å². The van der Waals surface area contributed by atoms with Crippen LogP contribution < -0.4 is 9.62 Å². The number of amides is 2. The third-order valence-electron chi connectivity index (χ3n) is 7.48. The minimum atomic E-state index is -3.78. The Kier molecular flexibility index (Phi) is 9.98. The fourth-order valence-corrected chi connectivity index (χ4v) is 6.06. The van der Waals surface area contributed by atoms with E-state index in [4.69, 9.17) is 0 Å². The molecule has 0 saturated heterocycles. The summed E-state index contributed by atoms with van der Waals surface area (Å²) in [6, 6.07) is 25.6. The van der Waals surface area contributed by atoms with E-state index in [9.17, 15) is 18.0 Å². The van der Waals surface area contributed by atoms with Gasteiger partial charge in [0.25, 0.3) is 0 Å². The van der Waals surface area contributed by atoms with Crippen LogP contribution in [0.5, 0.6) is 0 Å². The molecule has 0 bridgehead atoms. The van der Waals surface area contributed by atoms with Crippen molar-refractivity contribution in [3.63, 3.8) is 0 Å². The van der Waals surface area contributed by atoms with Crippen molar-refractivity contribution < 1.29 is 18.0 Å². The van der Waals surface area contributed by atoms with Crippen molar-refractivity contribution in [1.82, 2.24) is 10.2 Å². The molecule has 1 aliphatic carbocycles. The van der Waals surface area contributed by atoms with Crippen LogP contribution in [0, 0.1) is 0 Å². The van der Waals surface area contributed by atoms with Gasteiger partial charge in [-0.15, -0.1) is 0 Å². The number of anilines is 1. The number of benzene rings is 3. The van der Waals surface area contributed by atoms with Crippen LogP contribution >= 0.6 is 0 Å². The molecule has 1 N–H and O–H groups in total. The minimum absolute atomic E-state index is 0.0871. The molecule has 1 aliphatic rings. The first-order valence-corrected chi connectivity index (χ1v) is 15.8. The fourth-order valence-electron chi connectivity index (χ4n) is 5.21. The molecule has 0 spiro atoms. The summed E-state index contributed by atoms with van der Waals surface area (Å²) in [5.74, 6) is -0.644. The molecule has 4 rings (SSSR count). The number of nitrogens with one attached hydrogen (secondary N) is 1. The lowest BCUT2D eigenvalue weighted by Crippen LogP contribution is -2.54. The summed E-state index contributed by atoms with van der Waals surface area (Å²) in [5, 5.41) is 3.18. The molecule has 3 aromatic carbocycles. The molecule has 0 radical (unpaired) electrons. The van der Waals surface area contributed by atoms with Gasteiger partial charge < -0.3 is 10.2 Å². The zero-order valence-corrected chi connectivity index (χ0v) is 24.1.